The summed E-state index contributed by atoms with van der Waals surface area (Å²) in [5.74, 6) is 5.81. The molecule has 8 nitrogen and oxygen atoms in total. The summed E-state index contributed by atoms with van der Waals surface area (Å²) in [6.07, 6.45) is 5.20. The van der Waals surface area contributed by atoms with E-state index in [4.69, 9.17) is 5.73 Å². The van der Waals surface area contributed by atoms with E-state index in [9.17, 15) is 14.7 Å². The Hall–Kier alpha value is -3.18. The summed E-state index contributed by atoms with van der Waals surface area (Å²) in [6.45, 7) is 2.02. The van der Waals surface area contributed by atoms with E-state index in [1.807, 2.05) is 0 Å². The van der Waals surface area contributed by atoms with Gasteiger partial charge in [0, 0.05) is 37.3 Å². The predicted molar refractivity (Wildman–Crippen MR) is 103 cm³/mol. The van der Waals surface area contributed by atoms with E-state index in [0.29, 0.717) is 36.5 Å². The zero-order valence-electron chi connectivity index (χ0n) is 16.0. The minimum absolute atomic E-state index is 0.299. The normalized spacial score (nSPS) is 14.5. The molecule has 28 heavy (non-hydrogen) atoms. The van der Waals surface area contributed by atoms with Gasteiger partial charge in [-0.3, -0.25) is 9.59 Å². The molecular weight excluding hydrogens is 358 g/mol. The summed E-state index contributed by atoms with van der Waals surface area (Å²) in [4.78, 5) is 28.1. The summed E-state index contributed by atoms with van der Waals surface area (Å²) in [5, 5.41) is 14.8. The van der Waals surface area contributed by atoms with Crippen molar-refractivity contribution in [2.24, 2.45) is 5.73 Å². The van der Waals surface area contributed by atoms with Gasteiger partial charge < -0.3 is 15.7 Å². The lowest BCUT2D eigenvalue weighted by Gasteiger charge is -2.19. The highest BCUT2D eigenvalue weighted by atomic mass is 16.3. The zero-order valence-corrected chi connectivity index (χ0v) is 16.0. The maximum atomic E-state index is 11.7. The van der Waals surface area contributed by atoms with Crippen molar-refractivity contribution < 1.29 is 14.7 Å². The third-order valence-corrected chi connectivity index (χ3v) is 4.73. The van der Waals surface area contributed by atoms with Crippen molar-refractivity contribution in [3.63, 3.8) is 0 Å². The Morgan fingerprint density at radius 2 is 2.29 bits per heavy atom. The Labute approximate surface area is 163 Å². The van der Waals surface area contributed by atoms with E-state index in [1.54, 1.807) is 37.0 Å². The van der Waals surface area contributed by atoms with E-state index >= 15 is 0 Å². The second kappa shape index (κ2) is 7.82. The molecular formula is C20H23N5O3. The fraction of sp³-hybridized carbons (Fsp3) is 0.400. The largest absolute Gasteiger partial charge is 0.378 e. The van der Waals surface area contributed by atoms with E-state index < -0.39 is 11.5 Å². The quantitative estimate of drug-likeness (QED) is 0.556. The van der Waals surface area contributed by atoms with Crippen LogP contribution in [0.15, 0.2) is 18.3 Å². The van der Waals surface area contributed by atoms with Crippen LogP contribution in [-0.4, -0.2) is 56.3 Å². The highest BCUT2D eigenvalue weighted by Gasteiger charge is 2.26. The molecule has 0 saturated carbocycles. The third-order valence-electron chi connectivity index (χ3n) is 4.73. The standard InChI is InChI=1S/C20H23N5O3/c1-20(28,9-11-24(2)13-26)8-6-14-7-10-22-17(12-14)25-16-5-3-4-15(16)18(23-25)19(21)27/h7,10,12-13,28H,3-5,9,11H2,1-2H3,(H2,21,27)/t20-/m0/s1. The van der Waals surface area contributed by atoms with Crippen LogP contribution in [0.4, 0.5) is 0 Å². The Bertz CT molecular complexity index is 968. The lowest BCUT2D eigenvalue weighted by molar-refractivity contribution is -0.117. The smallest absolute Gasteiger partial charge is 0.269 e. The first kappa shape index (κ1) is 19.6. The summed E-state index contributed by atoms with van der Waals surface area (Å²) < 4.78 is 1.66. The van der Waals surface area contributed by atoms with Gasteiger partial charge in [0.1, 0.15) is 5.60 Å². The fourth-order valence-corrected chi connectivity index (χ4v) is 3.15. The van der Waals surface area contributed by atoms with Crippen LogP contribution in [0, 0.1) is 11.8 Å². The average Bonchev–Trinajstić information content (AvgIpc) is 3.27. The van der Waals surface area contributed by atoms with Crippen LogP contribution in [0.3, 0.4) is 0 Å². The lowest BCUT2D eigenvalue weighted by Crippen LogP contribution is -2.29. The zero-order chi connectivity index (χ0) is 20.3. The molecule has 3 rings (SSSR count). The molecule has 0 aromatic carbocycles. The van der Waals surface area contributed by atoms with Gasteiger partial charge in [-0.25, -0.2) is 9.67 Å². The van der Waals surface area contributed by atoms with Crippen LogP contribution < -0.4 is 5.73 Å². The summed E-state index contributed by atoms with van der Waals surface area (Å²) in [7, 11) is 1.65. The fourth-order valence-electron chi connectivity index (χ4n) is 3.15. The maximum Gasteiger partial charge on any atom is 0.269 e. The number of carbonyl (C=O) groups excluding carboxylic acids is 2. The number of nitrogens with two attached hydrogens (primary N) is 1. The first-order chi connectivity index (χ1) is 13.3. The van der Waals surface area contributed by atoms with Crippen LogP contribution in [0.25, 0.3) is 5.82 Å². The molecule has 0 aliphatic heterocycles. The van der Waals surface area contributed by atoms with Crippen LogP contribution >= 0.6 is 0 Å². The highest BCUT2D eigenvalue weighted by Crippen LogP contribution is 2.27. The number of rotatable bonds is 6. The monoisotopic (exact) mass is 381 g/mol. The van der Waals surface area contributed by atoms with Crippen molar-refractivity contribution in [1.82, 2.24) is 19.7 Å². The van der Waals surface area contributed by atoms with Gasteiger partial charge in [-0.15, -0.1) is 0 Å². The predicted octanol–water partition coefficient (Wildman–Crippen LogP) is 0.436. The minimum atomic E-state index is -1.23. The third kappa shape index (κ3) is 4.21. The molecule has 0 fully saturated rings. The molecule has 8 heteroatoms. The number of aliphatic hydroxyl groups is 1. The lowest BCUT2D eigenvalue weighted by atomic mass is 10.0. The van der Waals surface area contributed by atoms with E-state index in [1.165, 1.54) is 4.90 Å². The Balaban J connectivity index is 1.86. The van der Waals surface area contributed by atoms with Gasteiger partial charge in [0.15, 0.2) is 11.5 Å². The van der Waals surface area contributed by atoms with Gasteiger partial charge >= 0.3 is 0 Å². The maximum absolute atomic E-state index is 11.7. The topological polar surface area (TPSA) is 114 Å². The molecule has 2 amide bonds. The molecule has 2 heterocycles. The molecule has 2 aromatic rings. The van der Waals surface area contributed by atoms with Gasteiger partial charge in [-0.1, -0.05) is 11.8 Å². The Kier molecular flexibility index (Phi) is 5.47. The molecule has 0 unspecified atom stereocenters. The van der Waals surface area contributed by atoms with Crippen LogP contribution in [0.1, 0.15) is 47.1 Å². The first-order valence-corrected chi connectivity index (χ1v) is 9.09. The number of carbonyl (C=O) groups is 2. The number of aromatic nitrogens is 3. The van der Waals surface area contributed by atoms with Crippen LogP contribution in [0.2, 0.25) is 0 Å². The van der Waals surface area contributed by atoms with Crippen molar-refractivity contribution in [2.45, 2.75) is 38.2 Å². The van der Waals surface area contributed by atoms with Crippen molar-refractivity contribution in [3.8, 4) is 17.7 Å². The van der Waals surface area contributed by atoms with Crippen molar-refractivity contribution >= 4 is 12.3 Å². The molecule has 146 valence electrons. The molecule has 1 aliphatic carbocycles. The van der Waals surface area contributed by atoms with Crippen molar-refractivity contribution in [2.75, 3.05) is 13.6 Å². The number of nitrogens with zero attached hydrogens (tertiary/aromatic N) is 4. The second-order valence-corrected chi connectivity index (χ2v) is 7.17. The molecule has 1 aliphatic rings. The number of hydrogen-bond donors (Lipinski definition) is 2. The first-order valence-electron chi connectivity index (χ1n) is 9.09. The van der Waals surface area contributed by atoms with Gasteiger partial charge in [0.2, 0.25) is 6.41 Å². The van der Waals surface area contributed by atoms with Gasteiger partial charge in [0.25, 0.3) is 5.91 Å². The summed E-state index contributed by atoms with van der Waals surface area (Å²) in [5.41, 5.74) is 7.04. The van der Waals surface area contributed by atoms with E-state index in [2.05, 4.69) is 21.9 Å². The van der Waals surface area contributed by atoms with E-state index in [-0.39, 0.29) is 0 Å². The van der Waals surface area contributed by atoms with Gasteiger partial charge in [-0.05, 0) is 38.3 Å². The Morgan fingerprint density at radius 1 is 1.50 bits per heavy atom. The van der Waals surface area contributed by atoms with Crippen LogP contribution in [0.5, 0.6) is 0 Å². The Morgan fingerprint density at radius 3 is 3.00 bits per heavy atom. The van der Waals surface area contributed by atoms with Crippen molar-refractivity contribution in [3.05, 3.63) is 40.8 Å². The van der Waals surface area contributed by atoms with Crippen LogP contribution in [-0.2, 0) is 17.6 Å². The molecule has 0 saturated heterocycles. The van der Waals surface area contributed by atoms with E-state index in [0.717, 1.165) is 30.5 Å². The number of fused-ring (bicyclic) bond motifs is 1. The SMILES string of the molecule is CN(C=O)CC[C@@](C)(O)C#Cc1ccnc(-n2nc(C(N)=O)c3c2CCC3)c1. The molecule has 3 N–H and O–H groups in total. The number of primary amides is 1. The highest BCUT2D eigenvalue weighted by molar-refractivity contribution is 5.92. The van der Waals surface area contributed by atoms with Gasteiger partial charge in [-0.2, -0.15) is 5.10 Å². The molecule has 0 radical (unpaired) electrons. The second-order valence-electron chi connectivity index (χ2n) is 7.17. The van der Waals surface area contributed by atoms with Gasteiger partial charge in [0.05, 0.1) is 5.69 Å². The average molecular weight is 381 g/mol. The summed E-state index contributed by atoms with van der Waals surface area (Å²) >= 11 is 0. The molecule has 1 atom stereocenters. The minimum Gasteiger partial charge on any atom is -0.378 e. The molecule has 2 aromatic heterocycles. The molecule has 0 spiro atoms. The van der Waals surface area contributed by atoms with Crippen molar-refractivity contribution in [1.29, 1.82) is 0 Å². The molecule has 0 bridgehead atoms. The number of hydrogen-bond acceptors (Lipinski definition) is 5. The number of pyridine rings is 1. The summed E-state index contributed by atoms with van der Waals surface area (Å²) in [6, 6.07) is 3.50. The number of amides is 2.